The third-order valence-corrected chi connectivity index (χ3v) is 10.3. The second-order valence-corrected chi connectivity index (χ2v) is 14.2. The highest BCUT2D eigenvalue weighted by molar-refractivity contribution is 5.91. The van der Waals surface area contributed by atoms with E-state index in [4.69, 9.17) is 14.4 Å². The van der Waals surface area contributed by atoms with Crippen LogP contribution in [0.25, 0.3) is 44.6 Å². The SMILES string of the molecule is Cc1c(Nc2nccc3cc(CN4CC[C@@](C)(O)C4)cnc23)cccc1-c1cccc(-c2nc3cc(CN4CCCC4)cc(C#N)c3o2)c1C. The van der Waals surface area contributed by atoms with E-state index in [1.54, 1.807) is 0 Å². The molecule has 8 rings (SSSR count). The zero-order chi connectivity index (χ0) is 34.4. The quantitative estimate of drug-likeness (QED) is 0.168. The Kier molecular flexibility index (Phi) is 8.31. The molecule has 1 atom stereocenters. The van der Waals surface area contributed by atoms with Crippen LogP contribution in [0, 0.1) is 25.2 Å². The molecule has 0 unspecified atom stereocenters. The third-order valence-electron chi connectivity index (χ3n) is 10.3. The standard InChI is InChI=1S/C41H41N7O2/c1-26-32(8-6-10-34(26)40-46-36-20-28(23-47-15-4-5-16-47)18-31(21-42)38(36)50-40)33-9-7-11-35(27(33)2)45-39-37-30(12-14-43-39)19-29(22-44-37)24-48-17-13-41(3,49)25-48/h6-12,14,18-20,22,49H,4-5,13,15-17,23-25H2,1-3H3,(H,43,45)/t41-/m1/s1. The summed E-state index contributed by atoms with van der Waals surface area (Å²) in [5, 5.41) is 25.0. The number of aromatic nitrogens is 3. The minimum absolute atomic E-state index is 0.515. The van der Waals surface area contributed by atoms with E-state index in [1.807, 2.05) is 43.6 Å². The number of anilines is 2. The van der Waals surface area contributed by atoms with Crippen LogP contribution in [0.2, 0.25) is 0 Å². The summed E-state index contributed by atoms with van der Waals surface area (Å²) in [5.74, 6) is 1.22. The number of nitrogens with zero attached hydrogens (tertiary/aromatic N) is 6. The van der Waals surface area contributed by atoms with Gasteiger partial charge in [-0.25, -0.2) is 9.97 Å². The van der Waals surface area contributed by atoms with Crippen molar-refractivity contribution in [3.63, 3.8) is 0 Å². The monoisotopic (exact) mass is 663 g/mol. The number of hydrogen-bond donors (Lipinski definition) is 2. The summed E-state index contributed by atoms with van der Waals surface area (Å²) in [5.41, 5.74) is 10.3. The number of β-amino-alcohol motifs (C(OH)–C–C–N with tert-alkyl or cyclic N) is 1. The van der Waals surface area contributed by atoms with Crippen molar-refractivity contribution in [3.05, 3.63) is 101 Å². The van der Waals surface area contributed by atoms with Gasteiger partial charge in [-0.05, 0) is 123 Å². The first kappa shape index (κ1) is 32.1. The number of pyridine rings is 2. The van der Waals surface area contributed by atoms with Gasteiger partial charge in [0.15, 0.2) is 11.4 Å². The van der Waals surface area contributed by atoms with Gasteiger partial charge in [0.05, 0.1) is 11.2 Å². The topological polar surface area (TPSA) is 114 Å². The summed E-state index contributed by atoms with van der Waals surface area (Å²) in [4.78, 5) is 19.1. The number of rotatable bonds is 8. The van der Waals surface area contributed by atoms with Crippen LogP contribution in [0.5, 0.6) is 0 Å². The van der Waals surface area contributed by atoms with Crippen molar-refractivity contribution in [2.45, 2.75) is 58.7 Å². The van der Waals surface area contributed by atoms with Crippen LogP contribution in [0.4, 0.5) is 11.5 Å². The van der Waals surface area contributed by atoms with Crippen molar-refractivity contribution in [3.8, 4) is 28.7 Å². The number of hydrogen-bond acceptors (Lipinski definition) is 9. The van der Waals surface area contributed by atoms with Gasteiger partial charge in [0, 0.05) is 55.2 Å². The summed E-state index contributed by atoms with van der Waals surface area (Å²) >= 11 is 0. The lowest BCUT2D eigenvalue weighted by molar-refractivity contribution is 0.0679. The highest BCUT2D eigenvalue weighted by atomic mass is 16.3. The maximum absolute atomic E-state index is 10.4. The molecule has 0 amide bonds. The molecule has 0 spiro atoms. The average molecular weight is 664 g/mol. The molecule has 2 N–H and O–H groups in total. The fourth-order valence-electron chi connectivity index (χ4n) is 7.64. The van der Waals surface area contributed by atoms with Gasteiger partial charge in [-0.1, -0.05) is 24.3 Å². The third kappa shape index (κ3) is 6.22. The van der Waals surface area contributed by atoms with Crippen molar-refractivity contribution < 1.29 is 9.52 Å². The van der Waals surface area contributed by atoms with E-state index in [2.05, 4.69) is 76.4 Å². The van der Waals surface area contributed by atoms with Crippen LogP contribution >= 0.6 is 0 Å². The summed E-state index contributed by atoms with van der Waals surface area (Å²) in [7, 11) is 0. The molecule has 2 aliphatic rings. The molecule has 9 nitrogen and oxygen atoms in total. The van der Waals surface area contributed by atoms with Crippen molar-refractivity contribution >= 4 is 33.5 Å². The van der Waals surface area contributed by atoms with Gasteiger partial charge < -0.3 is 14.8 Å². The molecule has 0 radical (unpaired) electrons. The molecule has 50 heavy (non-hydrogen) atoms. The molecule has 5 heterocycles. The minimum Gasteiger partial charge on any atom is -0.435 e. The number of nitrogens with one attached hydrogen (secondary N) is 1. The molecule has 0 saturated carbocycles. The van der Waals surface area contributed by atoms with Crippen LogP contribution in [-0.2, 0) is 13.1 Å². The first-order valence-electron chi connectivity index (χ1n) is 17.5. The molecular weight excluding hydrogens is 622 g/mol. The number of benzene rings is 3. The van der Waals surface area contributed by atoms with E-state index in [1.165, 1.54) is 12.8 Å². The Hall–Kier alpha value is -5.14. The van der Waals surface area contributed by atoms with Gasteiger partial charge in [0.2, 0.25) is 5.89 Å². The zero-order valence-corrected chi connectivity index (χ0v) is 28.8. The Morgan fingerprint density at radius 1 is 0.900 bits per heavy atom. The molecule has 0 bridgehead atoms. The second-order valence-electron chi connectivity index (χ2n) is 14.2. The normalized spacial score (nSPS) is 18.3. The molecule has 3 aromatic carbocycles. The average Bonchev–Trinajstić information content (AvgIpc) is 3.86. The lowest BCUT2D eigenvalue weighted by Gasteiger charge is -2.19. The zero-order valence-electron chi connectivity index (χ0n) is 28.8. The number of fused-ring (bicyclic) bond motifs is 2. The molecular formula is C41H41N7O2. The Bertz CT molecular complexity index is 2280. The number of aliphatic hydroxyl groups is 1. The fraction of sp³-hybridized carbons (Fsp3) is 0.317. The smallest absolute Gasteiger partial charge is 0.227 e. The molecule has 252 valence electrons. The van der Waals surface area contributed by atoms with Gasteiger partial charge in [-0.3, -0.25) is 14.8 Å². The Morgan fingerprint density at radius 3 is 2.44 bits per heavy atom. The number of nitriles is 1. The second kappa shape index (κ2) is 13.0. The maximum atomic E-state index is 10.4. The first-order chi connectivity index (χ1) is 24.2. The van der Waals surface area contributed by atoms with Crippen molar-refractivity contribution in [1.29, 1.82) is 5.26 Å². The summed E-state index contributed by atoms with van der Waals surface area (Å²) in [6.45, 7) is 11.4. The predicted molar refractivity (Wildman–Crippen MR) is 197 cm³/mol. The Morgan fingerprint density at radius 2 is 1.66 bits per heavy atom. The summed E-state index contributed by atoms with van der Waals surface area (Å²) in [6, 6.07) is 23.0. The van der Waals surface area contributed by atoms with E-state index in [0.717, 1.165) is 94.7 Å². The van der Waals surface area contributed by atoms with Gasteiger partial charge in [0.25, 0.3) is 0 Å². The number of likely N-dealkylation sites (tertiary alicyclic amines) is 2. The molecule has 2 aliphatic heterocycles. The Balaban J connectivity index is 1.08. The number of oxazole rings is 1. The maximum Gasteiger partial charge on any atom is 0.227 e. The molecule has 0 aliphatic carbocycles. The lowest BCUT2D eigenvalue weighted by atomic mass is 9.93. The van der Waals surface area contributed by atoms with E-state index < -0.39 is 5.60 Å². The lowest BCUT2D eigenvalue weighted by Crippen LogP contribution is -2.29. The highest BCUT2D eigenvalue weighted by Crippen LogP contribution is 2.38. The van der Waals surface area contributed by atoms with E-state index in [9.17, 15) is 10.4 Å². The van der Waals surface area contributed by atoms with Gasteiger partial charge in [-0.15, -0.1) is 0 Å². The van der Waals surface area contributed by atoms with E-state index in [-0.39, 0.29) is 0 Å². The van der Waals surface area contributed by atoms with Crippen LogP contribution in [0.15, 0.2) is 77.5 Å². The summed E-state index contributed by atoms with van der Waals surface area (Å²) in [6.07, 6.45) is 6.96. The van der Waals surface area contributed by atoms with Gasteiger partial charge in [-0.2, -0.15) is 5.26 Å². The van der Waals surface area contributed by atoms with Crippen LogP contribution in [0.3, 0.4) is 0 Å². The Labute approximate surface area is 292 Å². The predicted octanol–water partition coefficient (Wildman–Crippen LogP) is 7.89. The fourth-order valence-corrected chi connectivity index (χ4v) is 7.64. The van der Waals surface area contributed by atoms with Gasteiger partial charge >= 0.3 is 0 Å². The summed E-state index contributed by atoms with van der Waals surface area (Å²) < 4.78 is 6.31. The molecule has 2 saturated heterocycles. The molecule has 6 aromatic rings. The van der Waals surface area contributed by atoms with Crippen molar-refractivity contribution in [1.82, 2.24) is 24.8 Å². The van der Waals surface area contributed by atoms with Crippen molar-refractivity contribution in [2.75, 3.05) is 31.5 Å². The van der Waals surface area contributed by atoms with Crippen molar-refractivity contribution in [2.24, 2.45) is 0 Å². The van der Waals surface area contributed by atoms with E-state index in [0.29, 0.717) is 34.9 Å². The molecule has 2 fully saturated rings. The van der Waals surface area contributed by atoms with Crippen LogP contribution in [-0.4, -0.2) is 61.6 Å². The minimum atomic E-state index is -0.624. The molecule has 9 heteroatoms. The van der Waals surface area contributed by atoms with Crippen LogP contribution < -0.4 is 5.32 Å². The molecule has 3 aromatic heterocycles. The van der Waals surface area contributed by atoms with E-state index >= 15 is 0 Å². The highest BCUT2D eigenvalue weighted by Gasteiger charge is 2.31. The largest absolute Gasteiger partial charge is 0.435 e. The van der Waals surface area contributed by atoms with Gasteiger partial charge in [0.1, 0.15) is 17.1 Å². The van der Waals surface area contributed by atoms with Crippen LogP contribution in [0.1, 0.15) is 54.0 Å². The first-order valence-corrected chi connectivity index (χ1v) is 17.5.